The third-order valence-electron chi connectivity index (χ3n) is 4.33. The van der Waals surface area contributed by atoms with E-state index < -0.39 is 0 Å². The Kier molecular flexibility index (Phi) is 4.43. The molecule has 0 bridgehead atoms. The maximum Gasteiger partial charge on any atom is 0.161 e. The lowest BCUT2D eigenvalue weighted by Crippen LogP contribution is -2.16. The van der Waals surface area contributed by atoms with E-state index in [1.54, 1.807) is 0 Å². The van der Waals surface area contributed by atoms with Crippen LogP contribution in [0.4, 0.5) is 5.82 Å². The van der Waals surface area contributed by atoms with Crippen molar-refractivity contribution in [1.29, 1.82) is 0 Å². The number of aromatic nitrogens is 3. The second kappa shape index (κ2) is 7.03. The van der Waals surface area contributed by atoms with Crippen LogP contribution < -0.4 is 10.6 Å². The lowest BCUT2D eigenvalue weighted by atomic mass is 10.1. The number of hydrogen-bond donors (Lipinski definition) is 2. The summed E-state index contributed by atoms with van der Waals surface area (Å²) in [5.41, 5.74) is 4.23. The first-order valence-corrected chi connectivity index (χ1v) is 8.61. The molecule has 1 aromatic carbocycles. The SMILES string of the molecule is Cc1cc(CNc2nc(-c3ccccc3)nc3c2CCNCC3)no1. The average molecular weight is 335 g/mol. The van der Waals surface area contributed by atoms with E-state index in [-0.39, 0.29) is 0 Å². The molecule has 6 nitrogen and oxygen atoms in total. The van der Waals surface area contributed by atoms with Gasteiger partial charge in [-0.2, -0.15) is 0 Å². The molecule has 0 aliphatic carbocycles. The Labute approximate surface area is 146 Å². The summed E-state index contributed by atoms with van der Waals surface area (Å²) >= 11 is 0. The molecular formula is C19H21N5O. The third kappa shape index (κ3) is 3.53. The topological polar surface area (TPSA) is 75.9 Å². The summed E-state index contributed by atoms with van der Waals surface area (Å²) in [6.45, 7) is 4.37. The molecule has 1 aliphatic heterocycles. The quantitative estimate of drug-likeness (QED) is 0.763. The van der Waals surface area contributed by atoms with Gasteiger partial charge in [0.25, 0.3) is 0 Å². The van der Waals surface area contributed by atoms with Crippen LogP contribution in [0.25, 0.3) is 11.4 Å². The molecule has 0 fully saturated rings. The highest BCUT2D eigenvalue weighted by molar-refractivity contribution is 5.60. The maximum absolute atomic E-state index is 5.15. The number of nitrogens with one attached hydrogen (secondary N) is 2. The van der Waals surface area contributed by atoms with Gasteiger partial charge in [-0.25, -0.2) is 9.97 Å². The Morgan fingerprint density at radius 2 is 1.96 bits per heavy atom. The van der Waals surface area contributed by atoms with Crippen LogP contribution >= 0.6 is 0 Å². The Bertz CT molecular complexity index is 860. The molecule has 4 rings (SSSR count). The predicted molar refractivity (Wildman–Crippen MR) is 96.3 cm³/mol. The highest BCUT2D eigenvalue weighted by atomic mass is 16.5. The van der Waals surface area contributed by atoms with Gasteiger partial charge in [0.15, 0.2) is 5.82 Å². The fourth-order valence-corrected chi connectivity index (χ4v) is 3.08. The molecular weight excluding hydrogens is 314 g/mol. The van der Waals surface area contributed by atoms with Crippen molar-refractivity contribution in [1.82, 2.24) is 20.4 Å². The molecule has 0 amide bonds. The largest absolute Gasteiger partial charge is 0.364 e. The van der Waals surface area contributed by atoms with E-state index in [9.17, 15) is 0 Å². The van der Waals surface area contributed by atoms with Gasteiger partial charge in [-0.1, -0.05) is 35.5 Å². The van der Waals surface area contributed by atoms with Gasteiger partial charge in [0.2, 0.25) is 0 Å². The Morgan fingerprint density at radius 1 is 1.12 bits per heavy atom. The van der Waals surface area contributed by atoms with Crippen molar-refractivity contribution in [3.63, 3.8) is 0 Å². The minimum absolute atomic E-state index is 0.586. The fourth-order valence-electron chi connectivity index (χ4n) is 3.08. The van der Waals surface area contributed by atoms with E-state index in [0.29, 0.717) is 6.54 Å². The van der Waals surface area contributed by atoms with Crippen molar-refractivity contribution in [2.24, 2.45) is 0 Å². The third-order valence-corrected chi connectivity index (χ3v) is 4.33. The maximum atomic E-state index is 5.15. The second-order valence-electron chi connectivity index (χ2n) is 6.22. The summed E-state index contributed by atoms with van der Waals surface area (Å²) in [7, 11) is 0. The van der Waals surface area contributed by atoms with Crippen molar-refractivity contribution in [2.75, 3.05) is 18.4 Å². The number of hydrogen-bond acceptors (Lipinski definition) is 6. The molecule has 1 aliphatic rings. The number of fused-ring (bicyclic) bond motifs is 1. The zero-order valence-corrected chi connectivity index (χ0v) is 14.2. The van der Waals surface area contributed by atoms with Gasteiger partial charge in [0, 0.05) is 30.2 Å². The van der Waals surface area contributed by atoms with Gasteiger partial charge < -0.3 is 15.2 Å². The number of rotatable bonds is 4. The molecule has 128 valence electrons. The van der Waals surface area contributed by atoms with Crippen LogP contribution in [0.2, 0.25) is 0 Å². The fraction of sp³-hybridized carbons (Fsp3) is 0.316. The van der Waals surface area contributed by atoms with Gasteiger partial charge in [-0.15, -0.1) is 0 Å². The average Bonchev–Trinajstić information content (AvgIpc) is 2.91. The number of anilines is 1. The number of nitrogens with zero attached hydrogens (tertiary/aromatic N) is 3. The minimum atomic E-state index is 0.586. The van der Waals surface area contributed by atoms with E-state index >= 15 is 0 Å². The van der Waals surface area contributed by atoms with Crippen molar-refractivity contribution < 1.29 is 4.52 Å². The Hall–Kier alpha value is -2.73. The van der Waals surface area contributed by atoms with Gasteiger partial charge in [-0.05, 0) is 19.9 Å². The van der Waals surface area contributed by atoms with Crippen LogP contribution in [0.3, 0.4) is 0 Å². The lowest BCUT2D eigenvalue weighted by molar-refractivity contribution is 0.391. The molecule has 0 spiro atoms. The smallest absolute Gasteiger partial charge is 0.161 e. The van der Waals surface area contributed by atoms with Crippen LogP contribution in [0.5, 0.6) is 0 Å². The first kappa shape index (κ1) is 15.8. The first-order chi connectivity index (χ1) is 12.3. The van der Waals surface area contributed by atoms with Gasteiger partial charge in [0.1, 0.15) is 17.3 Å². The summed E-state index contributed by atoms with van der Waals surface area (Å²) in [5, 5.41) is 10.9. The summed E-state index contributed by atoms with van der Waals surface area (Å²) in [4.78, 5) is 9.65. The highest BCUT2D eigenvalue weighted by Gasteiger charge is 2.17. The molecule has 2 aromatic heterocycles. The summed E-state index contributed by atoms with van der Waals surface area (Å²) < 4.78 is 5.15. The number of aryl methyl sites for hydroxylation is 1. The normalized spacial score (nSPS) is 14.0. The van der Waals surface area contributed by atoms with Crippen molar-refractivity contribution in [2.45, 2.75) is 26.3 Å². The highest BCUT2D eigenvalue weighted by Crippen LogP contribution is 2.25. The van der Waals surface area contributed by atoms with Crippen LogP contribution in [0.15, 0.2) is 40.9 Å². The van der Waals surface area contributed by atoms with Gasteiger partial charge in [-0.3, -0.25) is 0 Å². The van der Waals surface area contributed by atoms with E-state index in [1.807, 2.05) is 43.3 Å². The summed E-state index contributed by atoms with van der Waals surface area (Å²) in [6.07, 6.45) is 1.83. The van der Waals surface area contributed by atoms with Crippen molar-refractivity contribution in [3.05, 3.63) is 59.1 Å². The Morgan fingerprint density at radius 3 is 2.76 bits per heavy atom. The zero-order valence-electron chi connectivity index (χ0n) is 14.2. The Balaban J connectivity index is 1.69. The molecule has 0 unspecified atom stereocenters. The molecule has 0 saturated carbocycles. The molecule has 25 heavy (non-hydrogen) atoms. The van der Waals surface area contributed by atoms with Crippen LogP contribution in [-0.4, -0.2) is 28.2 Å². The van der Waals surface area contributed by atoms with Crippen LogP contribution in [0, 0.1) is 6.92 Å². The van der Waals surface area contributed by atoms with Crippen molar-refractivity contribution in [3.8, 4) is 11.4 Å². The first-order valence-electron chi connectivity index (χ1n) is 8.61. The molecule has 3 aromatic rings. The van der Waals surface area contributed by atoms with Gasteiger partial charge >= 0.3 is 0 Å². The lowest BCUT2D eigenvalue weighted by Gasteiger charge is -2.14. The monoisotopic (exact) mass is 335 g/mol. The zero-order chi connectivity index (χ0) is 17.1. The van der Waals surface area contributed by atoms with Crippen molar-refractivity contribution >= 4 is 5.82 Å². The van der Waals surface area contributed by atoms with Crippen LogP contribution in [0.1, 0.15) is 22.7 Å². The summed E-state index contributed by atoms with van der Waals surface area (Å²) in [5.74, 6) is 2.47. The van der Waals surface area contributed by atoms with E-state index in [4.69, 9.17) is 14.5 Å². The van der Waals surface area contributed by atoms with Crippen LogP contribution in [-0.2, 0) is 19.4 Å². The van der Waals surface area contributed by atoms with E-state index in [2.05, 4.69) is 15.8 Å². The molecule has 2 N–H and O–H groups in total. The molecule has 6 heteroatoms. The molecule has 0 saturated heterocycles. The summed E-state index contributed by atoms with van der Waals surface area (Å²) in [6, 6.07) is 12.0. The molecule has 0 radical (unpaired) electrons. The molecule has 0 atom stereocenters. The predicted octanol–water partition coefficient (Wildman–Crippen LogP) is 2.74. The van der Waals surface area contributed by atoms with E-state index in [1.165, 1.54) is 5.56 Å². The van der Waals surface area contributed by atoms with Gasteiger partial charge in [0.05, 0.1) is 12.2 Å². The second-order valence-corrected chi connectivity index (χ2v) is 6.22. The molecule has 3 heterocycles. The number of benzene rings is 1. The van der Waals surface area contributed by atoms with E-state index in [0.717, 1.165) is 60.3 Å². The minimum Gasteiger partial charge on any atom is -0.364 e. The standard InChI is InChI=1S/C19H21N5O/c1-13-11-15(24-25-13)12-21-19-16-7-9-20-10-8-17(16)22-18(23-19)14-5-3-2-4-6-14/h2-6,11,20H,7-10,12H2,1H3,(H,21,22,23).